The van der Waals surface area contributed by atoms with Gasteiger partial charge in [-0.3, -0.25) is 9.59 Å². The van der Waals surface area contributed by atoms with Crippen molar-refractivity contribution in [1.82, 2.24) is 0 Å². The molecular weight excluding hydrogens is 504 g/mol. The fraction of sp³-hybridized carbons (Fsp3) is 0.923. The first-order chi connectivity index (χ1) is 18.5. The number of carbonyl (C=O) groups excluding carboxylic acids is 2. The summed E-state index contributed by atoms with van der Waals surface area (Å²) in [5, 5.41) is 19.4. The van der Waals surface area contributed by atoms with E-state index in [1.54, 1.807) is 0 Å². The van der Waals surface area contributed by atoms with E-state index in [4.69, 9.17) is 37.9 Å². The molecule has 0 aromatic heterocycles. The van der Waals surface area contributed by atoms with Gasteiger partial charge in [0.2, 0.25) is 12.6 Å². The van der Waals surface area contributed by atoms with Gasteiger partial charge in [-0.15, -0.1) is 0 Å². The van der Waals surface area contributed by atoms with Crippen molar-refractivity contribution >= 4 is 11.9 Å². The minimum absolute atomic E-state index is 0.0286. The van der Waals surface area contributed by atoms with Gasteiger partial charge in [0.1, 0.15) is 13.2 Å². The van der Waals surface area contributed by atoms with Gasteiger partial charge >= 0.3 is 11.9 Å². The highest BCUT2D eigenvalue weighted by Crippen LogP contribution is 2.05. The topological polar surface area (TPSA) is 148 Å². The third-order valence-corrected chi connectivity index (χ3v) is 4.84. The average molecular weight is 555 g/mol. The Balaban J connectivity index is 3.52. The molecule has 0 rings (SSSR count). The first-order valence-corrected chi connectivity index (χ1v) is 13.7. The lowest BCUT2D eigenvalue weighted by molar-refractivity contribution is -0.180. The molecule has 0 bridgehead atoms. The number of rotatable bonds is 29. The molecule has 0 aliphatic carbocycles. The average Bonchev–Trinajstić information content (AvgIpc) is 2.88. The van der Waals surface area contributed by atoms with Crippen LogP contribution in [-0.2, 0) is 47.5 Å². The number of carbonyl (C=O) groups is 2. The Labute approximate surface area is 227 Å². The van der Waals surface area contributed by atoms with Gasteiger partial charge in [0.25, 0.3) is 0 Å². The maximum Gasteiger partial charge on any atom is 0.308 e. The number of ether oxygens (including phenoxy) is 8. The van der Waals surface area contributed by atoms with Crippen LogP contribution < -0.4 is 0 Å². The van der Waals surface area contributed by atoms with E-state index in [0.29, 0.717) is 52.5 Å². The van der Waals surface area contributed by atoms with Crippen molar-refractivity contribution in [3.05, 3.63) is 0 Å². The lowest BCUT2D eigenvalue weighted by Crippen LogP contribution is -2.24. The van der Waals surface area contributed by atoms with Crippen molar-refractivity contribution in [2.75, 3.05) is 79.3 Å². The summed E-state index contributed by atoms with van der Waals surface area (Å²) in [7, 11) is 0. The van der Waals surface area contributed by atoms with Crippen molar-refractivity contribution in [1.29, 1.82) is 0 Å². The Kier molecular flexibility index (Phi) is 27.6. The van der Waals surface area contributed by atoms with E-state index < -0.39 is 24.5 Å². The molecule has 0 saturated carbocycles. The molecule has 0 spiro atoms. The molecule has 2 atom stereocenters. The molecule has 0 aromatic rings. The zero-order valence-electron chi connectivity index (χ0n) is 23.3. The summed E-state index contributed by atoms with van der Waals surface area (Å²) in [4.78, 5) is 23.5. The van der Waals surface area contributed by atoms with Crippen LogP contribution in [0, 0.1) is 0 Å². The molecule has 0 radical (unpaired) electrons. The smallest absolute Gasteiger partial charge is 0.308 e. The summed E-state index contributed by atoms with van der Waals surface area (Å²) < 4.78 is 41.5. The van der Waals surface area contributed by atoms with E-state index in [2.05, 4.69) is 13.8 Å². The van der Waals surface area contributed by atoms with Crippen LogP contribution >= 0.6 is 0 Å². The second kappa shape index (κ2) is 28.6. The van der Waals surface area contributed by atoms with Gasteiger partial charge in [-0.25, -0.2) is 0 Å². The molecule has 226 valence electrons. The Hall–Kier alpha value is -1.38. The molecule has 12 heteroatoms. The fourth-order valence-electron chi connectivity index (χ4n) is 2.77. The van der Waals surface area contributed by atoms with Gasteiger partial charge < -0.3 is 48.1 Å². The van der Waals surface area contributed by atoms with Gasteiger partial charge in [-0.1, -0.05) is 26.7 Å². The lowest BCUT2D eigenvalue weighted by Gasteiger charge is -2.13. The highest BCUT2D eigenvalue weighted by molar-refractivity contribution is 5.70. The number of aliphatic hydroxyl groups is 2. The van der Waals surface area contributed by atoms with E-state index >= 15 is 0 Å². The molecule has 0 aliphatic rings. The van der Waals surface area contributed by atoms with E-state index in [0.717, 1.165) is 38.9 Å². The Morgan fingerprint density at radius 3 is 1.16 bits per heavy atom. The molecule has 0 aromatic carbocycles. The first kappa shape index (κ1) is 36.6. The number of hydrogen-bond donors (Lipinski definition) is 2. The predicted molar refractivity (Wildman–Crippen MR) is 137 cm³/mol. The van der Waals surface area contributed by atoms with E-state index in [-0.39, 0.29) is 39.3 Å². The van der Waals surface area contributed by atoms with Crippen LogP contribution in [0.5, 0.6) is 0 Å². The van der Waals surface area contributed by atoms with Crippen molar-refractivity contribution in [3.63, 3.8) is 0 Å². The number of unbranched alkanes of at least 4 members (excludes halogenated alkanes) is 3. The molecule has 0 aliphatic heterocycles. The fourth-order valence-corrected chi connectivity index (χ4v) is 2.77. The van der Waals surface area contributed by atoms with Crippen molar-refractivity contribution in [2.24, 2.45) is 0 Å². The molecule has 0 saturated heterocycles. The standard InChI is InChI=1S/C26H50O12/c1-3-5-11-31-13-15-33-17-19-35-21-25(29)37-23(27)9-7-8-10-24(28)38-26(30)22-36-20-18-34-16-14-32-12-6-4-2/h25-26,29-30H,3-22H2,1-2H3. The maximum absolute atomic E-state index is 11.8. The summed E-state index contributed by atoms with van der Waals surface area (Å²) >= 11 is 0. The van der Waals surface area contributed by atoms with Gasteiger partial charge in [-0.05, 0) is 25.7 Å². The Bertz CT molecular complexity index is 488. The summed E-state index contributed by atoms with van der Waals surface area (Å²) in [6, 6.07) is 0. The van der Waals surface area contributed by atoms with Crippen LogP contribution in [0.15, 0.2) is 0 Å². The molecule has 0 amide bonds. The van der Waals surface area contributed by atoms with E-state index in [9.17, 15) is 19.8 Å². The molecule has 0 fully saturated rings. The lowest BCUT2D eigenvalue weighted by atomic mass is 10.2. The molecule has 38 heavy (non-hydrogen) atoms. The van der Waals surface area contributed by atoms with Crippen molar-refractivity contribution in [2.45, 2.75) is 77.8 Å². The first-order valence-electron chi connectivity index (χ1n) is 13.7. The van der Waals surface area contributed by atoms with Crippen LogP contribution in [0.2, 0.25) is 0 Å². The van der Waals surface area contributed by atoms with Crippen LogP contribution in [-0.4, -0.2) is 114 Å². The largest absolute Gasteiger partial charge is 0.433 e. The SMILES string of the molecule is CCCCOCCOCCOCC(O)OC(=O)CCCCC(=O)OC(O)COCCOCCOCCCC. The quantitative estimate of drug-likeness (QED) is 0.0791. The second-order valence-corrected chi connectivity index (χ2v) is 8.40. The highest BCUT2D eigenvalue weighted by Gasteiger charge is 2.14. The van der Waals surface area contributed by atoms with Gasteiger partial charge in [0, 0.05) is 26.1 Å². The summed E-state index contributed by atoms with van der Waals surface area (Å²) in [5.41, 5.74) is 0. The zero-order chi connectivity index (χ0) is 28.1. The Morgan fingerprint density at radius 2 is 0.816 bits per heavy atom. The molecule has 0 heterocycles. The van der Waals surface area contributed by atoms with Crippen LogP contribution in [0.25, 0.3) is 0 Å². The number of aliphatic hydroxyl groups excluding tert-OH is 2. The Morgan fingerprint density at radius 1 is 0.500 bits per heavy atom. The third kappa shape index (κ3) is 27.6. The van der Waals surface area contributed by atoms with Gasteiger partial charge in [-0.2, -0.15) is 0 Å². The minimum Gasteiger partial charge on any atom is -0.433 e. The van der Waals surface area contributed by atoms with Crippen LogP contribution in [0.4, 0.5) is 0 Å². The normalized spacial score (nSPS) is 12.8. The highest BCUT2D eigenvalue weighted by atomic mass is 16.7. The predicted octanol–water partition coefficient (Wildman–Crippen LogP) is 1.97. The van der Waals surface area contributed by atoms with Gasteiger partial charge in [0.15, 0.2) is 0 Å². The number of hydrogen-bond acceptors (Lipinski definition) is 12. The van der Waals surface area contributed by atoms with Crippen molar-refractivity contribution < 1.29 is 57.7 Å². The molecular formula is C26H50O12. The van der Waals surface area contributed by atoms with Gasteiger partial charge in [0.05, 0.1) is 52.9 Å². The summed E-state index contributed by atoms with van der Waals surface area (Å²) in [6.45, 7) is 8.52. The maximum atomic E-state index is 11.8. The van der Waals surface area contributed by atoms with E-state index in [1.165, 1.54) is 0 Å². The van der Waals surface area contributed by atoms with Crippen LogP contribution in [0.1, 0.15) is 65.2 Å². The molecule has 2 N–H and O–H groups in total. The zero-order valence-corrected chi connectivity index (χ0v) is 23.3. The monoisotopic (exact) mass is 554 g/mol. The van der Waals surface area contributed by atoms with Crippen LogP contribution in [0.3, 0.4) is 0 Å². The summed E-state index contributed by atoms with van der Waals surface area (Å²) in [6.07, 6.45) is 2.27. The number of esters is 2. The molecule has 2 unspecified atom stereocenters. The molecule has 12 nitrogen and oxygen atoms in total. The second-order valence-electron chi connectivity index (χ2n) is 8.40. The van der Waals surface area contributed by atoms with Crippen molar-refractivity contribution in [3.8, 4) is 0 Å². The minimum atomic E-state index is -1.37. The third-order valence-electron chi connectivity index (χ3n) is 4.84. The van der Waals surface area contributed by atoms with E-state index in [1.807, 2.05) is 0 Å². The summed E-state index contributed by atoms with van der Waals surface area (Å²) in [5.74, 6) is -1.20.